The zero-order valence-corrected chi connectivity index (χ0v) is 18.0. The fourth-order valence-corrected chi connectivity index (χ4v) is 3.96. The molecular formula is C22H20ClNO5S. The molecule has 3 rings (SSSR count). The first-order valence-corrected chi connectivity index (χ1v) is 10.8. The Kier molecular flexibility index (Phi) is 6.64. The predicted octanol–water partition coefficient (Wildman–Crippen LogP) is 4.46. The van der Waals surface area contributed by atoms with Crippen LogP contribution in [0.15, 0.2) is 77.7 Å². The number of esters is 1. The molecule has 6 nitrogen and oxygen atoms in total. The van der Waals surface area contributed by atoms with E-state index in [2.05, 4.69) is 0 Å². The van der Waals surface area contributed by atoms with Gasteiger partial charge in [0.25, 0.3) is 10.0 Å². The third-order valence-electron chi connectivity index (χ3n) is 4.25. The number of carbonyl (C=O) groups is 1. The van der Waals surface area contributed by atoms with Gasteiger partial charge in [-0.3, -0.25) is 4.31 Å². The monoisotopic (exact) mass is 445 g/mol. The van der Waals surface area contributed by atoms with E-state index in [1.54, 1.807) is 18.2 Å². The highest BCUT2D eigenvalue weighted by Crippen LogP contribution is 2.25. The molecule has 30 heavy (non-hydrogen) atoms. The fraction of sp³-hybridized carbons (Fsp3) is 0.136. The van der Waals surface area contributed by atoms with Gasteiger partial charge in [-0.1, -0.05) is 23.7 Å². The zero-order chi connectivity index (χ0) is 21.7. The lowest BCUT2D eigenvalue weighted by molar-refractivity contribution is -0.136. The van der Waals surface area contributed by atoms with E-state index < -0.39 is 16.0 Å². The number of carbonyl (C=O) groups excluding carboxylic acids is 1. The van der Waals surface area contributed by atoms with Gasteiger partial charge in [0.1, 0.15) is 11.5 Å². The van der Waals surface area contributed by atoms with E-state index in [4.69, 9.17) is 21.1 Å². The van der Waals surface area contributed by atoms with Crippen LogP contribution < -0.4 is 13.8 Å². The van der Waals surface area contributed by atoms with Crippen molar-refractivity contribution in [2.75, 3.05) is 18.0 Å². The third kappa shape index (κ3) is 5.31. The van der Waals surface area contributed by atoms with Gasteiger partial charge in [0.05, 0.1) is 10.6 Å². The summed E-state index contributed by atoms with van der Waals surface area (Å²) in [6.07, 6.45) is 0. The highest BCUT2D eigenvalue weighted by Gasteiger charge is 2.21. The van der Waals surface area contributed by atoms with Gasteiger partial charge < -0.3 is 9.47 Å². The second-order valence-corrected chi connectivity index (χ2v) is 8.91. The van der Waals surface area contributed by atoms with Gasteiger partial charge in [-0.25, -0.2) is 13.2 Å². The quantitative estimate of drug-likeness (QED) is 0.396. The first kappa shape index (κ1) is 21.7. The molecule has 0 unspecified atom stereocenters. The molecule has 3 aromatic rings. The molecule has 0 bridgehead atoms. The maximum atomic E-state index is 12.7. The topological polar surface area (TPSA) is 72.9 Å². The van der Waals surface area contributed by atoms with Crippen molar-refractivity contribution in [2.45, 2.75) is 11.8 Å². The van der Waals surface area contributed by atoms with Crippen LogP contribution in [-0.2, 0) is 14.8 Å². The molecule has 0 saturated heterocycles. The minimum absolute atomic E-state index is 0.123. The van der Waals surface area contributed by atoms with Crippen molar-refractivity contribution in [3.05, 3.63) is 83.4 Å². The van der Waals surface area contributed by atoms with Crippen molar-refractivity contribution >= 4 is 33.3 Å². The minimum atomic E-state index is -3.74. The number of anilines is 1. The largest absolute Gasteiger partial charge is 0.482 e. The number of hydrogen-bond donors (Lipinski definition) is 0. The standard InChI is InChI=1S/C22H20ClNO5S/c1-16-4-3-5-20(14-16)28-15-22(25)29-19-10-8-18(9-11-19)24(2)30(26,27)21-12-6-17(23)7-13-21/h3-14H,15H2,1-2H3. The molecule has 8 heteroatoms. The summed E-state index contributed by atoms with van der Waals surface area (Å²) in [4.78, 5) is 12.1. The summed E-state index contributed by atoms with van der Waals surface area (Å²) >= 11 is 5.82. The number of sulfonamides is 1. The minimum Gasteiger partial charge on any atom is -0.482 e. The van der Waals surface area contributed by atoms with Gasteiger partial charge in [0, 0.05) is 12.1 Å². The van der Waals surface area contributed by atoms with Crippen molar-refractivity contribution in [1.82, 2.24) is 0 Å². The lowest BCUT2D eigenvalue weighted by Gasteiger charge is -2.19. The van der Waals surface area contributed by atoms with E-state index in [1.165, 1.54) is 43.4 Å². The van der Waals surface area contributed by atoms with Gasteiger partial charge >= 0.3 is 5.97 Å². The molecule has 0 N–H and O–H groups in total. The Morgan fingerprint density at radius 3 is 2.27 bits per heavy atom. The van der Waals surface area contributed by atoms with Crippen LogP contribution in [0.25, 0.3) is 0 Å². The van der Waals surface area contributed by atoms with E-state index in [0.717, 1.165) is 9.87 Å². The first-order valence-electron chi connectivity index (χ1n) is 9.00. The maximum absolute atomic E-state index is 12.7. The van der Waals surface area contributed by atoms with Gasteiger partial charge in [-0.15, -0.1) is 0 Å². The third-order valence-corrected chi connectivity index (χ3v) is 6.30. The molecule has 156 valence electrons. The molecule has 3 aromatic carbocycles. The second kappa shape index (κ2) is 9.19. The lowest BCUT2D eigenvalue weighted by Crippen LogP contribution is -2.26. The van der Waals surface area contributed by atoms with Gasteiger partial charge in [0.15, 0.2) is 6.61 Å². The number of nitrogens with zero attached hydrogens (tertiary/aromatic N) is 1. The Morgan fingerprint density at radius 1 is 0.967 bits per heavy atom. The molecular weight excluding hydrogens is 426 g/mol. The summed E-state index contributed by atoms with van der Waals surface area (Å²) in [6, 6.07) is 19.4. The summed E-state index contributed by atoms with van der Waals surface area (Å²) in [5.74, 6) is 0.302. The number of halogens is 1. The first-order chi connectivity index (χ1) is 14.3. The highest BCUT2D eigenvalue weighted by molar-refractivity contribution is 7.92. The Bertz CT molecular complexity index is 1130. The second-order valence-electron chi connectivity index (χ2n) is 6.50. The molecule has 0 spiro atoms. The molecule has 0 heterocycles. The predicted molar refractivity (Wildman–Crippen MR) is 116 cm³/mol. The molecule has 0 aliphatic carbocycles. The summed E-state index contributed by atoms with van der Waals surface area (Å²) in [5, 5.41) is 0.453. The SMILES string of the molecule is Cc1cccc(OCC(=O)Oc2ccc(N(C)S(=O)(=O)c3ccc(Cl)cc3)cc2)c1. The van der Waals surface area contributed by atoms with Crippen molar-refractivity contribution < 1.29 is 22.7 Å². The van der Waals surface area contributed by atoms with Crippen molar-refractivity contribution in [3.8, 4) is 11.5 Å². The fourth-order valence-electron chi connectivity index (χ4n) is 2.64. The molecule has 0 radical (unpaired) electrons. The van der Waals surface area contributed by atoms with Crippen LogP contribution in [0.1, 0.15) is 5.56 Å². The zero-order valence-electron chi connectivity index (χ0n) is 16.4. The summed E-state index contributed by atoms with van der Waals surface area (Å²) in [7, 11) is -2.30. The van der Waals surface area contributed by atoms with Crippen molar-refractivity contribution in [1.29, 1.82) is 0 Å². The lowest BCUT2D eigenvalue weighted by atomic mass is 10.2. The number of aryl methyl sites for hydroxylation is 1. The summed E-state index contributed by atoms with van der Waals surface area (Å²) < 4.78 is 37.3. The molecule has 0 atom stereocenters. The van der Waals surface area contributed by atoms with Crippen LogP contribution in [0.3, 0.4) is 0 Å². The van der Waals surface area contributed by atoms with Crippen molar-refractivity contribution in [2.24, 2.45) is 0 Å². The Hall–Kier alpha value is -3.03. The number of hydrogen-bond acceptors (Lipinski definition) is 5. The molecule has 0 fully saturated rings. The molecule has 0 saturated carbocycles. The highest BCUT2D eigenvalue weighted by atomic mass is 35.5. The molecule has 0 aliphatic heterocycles. The normalized spacial score (nSPS) is 11.0. The van der Waals surface area contributed by atoms with Gasteiger partial charge in [-0.2, -0.15) is 0 Å². The smallest absolute Gasteiger partial charge is 0.349 e. The Labute approximate surface area is 180 Å². The number of benzene rings is 3. The van der Waals surface area contributed by atoms with Gasteiger partial charge in [-0.05, 0) is 73.2 Å². The van der Waals surface area contributed by atoms with Crippen LogP contribution in [0, 0.1) is 6.92 Å². The van der Waals surface area contributed by atoms with Crippen LogP contribution in [0.4, 0.5) is 5.69 Å². The Balaban J connectivity index is 1.62. The van der Waals surface area contributed by atoms with Crippen LogP contribution in [0.5, 0.6) is 11.5 Å². The van der Waals surface area contributed by atoms with Crippen LogP contribution in [-0.4, -0.2) is 28.0 Å². The van der Waals surface area contributed by atoms with Crippen LogP contribution >= 0.6 is 11.6 Å². The average Bonchev–Trinajstić information content (AvgIpc) is 2.73. The molecule has 0 aliphatic rings. The number of ether oxygens (including phenoxy) is 2. The van der Waals surface area contributed by atoms with Gasteiger partial charge in [0.2, 0.25) is 0 Å². The van der Waals surface area contributed by atoms with E-state index in [1.807, 2.05) is 25.1 Å². The molecule has 0 amide bonds. The van der Waals surface area contributed by atoms with Crippen LogP contribution in [0.2, 0.25) is 5.02 Å². The van der Waals surface area contributed by atoms with Crippen molar-refractivity contribution in [3.63, 3.8) is 0 Å². The Morgan fingerprint density at radius 2 is 1.63 bits per heavy atom. The van der Waals surface area contributed by atoms with E-state index in [-0.39, 0.29) is 17.3 Å². The molecule has 0 aromatic heterocycles. The number of rotatable bonds is 7. The van der Waals surface area contributed by atoms with E-state index in [9.17, 15) is 13.2 Å². The summed E-state index contributed by atoms with van der Waals surface area (Å²) in [6.45, 7) is 1.69. The summed E-state index contributed by atoms with van der Waals surface area (Å²) in [5.41, 5.74) is 1.44. The maximum Gasteiger partial charge on any atom is 0.349 e. The van der Waals surface area contributed by atoms with E-state index >= 15 is 0 Å². The van der Waals surface area contributed by atoms with E-state index in [0.29, 0.717) is 16.5 Å². The average molecular weight is 446 g/mol.